The third kappa shape index (κ3) is 61.4. The highest BCUT2D eigenvalue weighted by molar-refractivity contribution is 5.71. The minimum atomic E-state index is -0.783. The Bertz CT molecular complexity index is 1450. The number of hydrogen-bond donors (Lipinski definition) is 0. The summed E-state index contributed by atoms with van der Waals surface area (Å²) in [4.78, 5) is 38.1. The molecule has 0 aliphatic rings. The van der Waals surface area contributed by atoms with Gasteiger partial charge in [0.1, 0.15) is 13.2 Å². The standard InChI is InChI=1S/C70H122O6/c1-4-7-10-13-16-19-22-24-25-26-27-28-29-30-31-32-33-34-35-36-37-38-39-40-41-42-43-44-45-47-48-51-54-57-60-63-69(72)75-66-67(65-74-68(71)62-59-56-53-50-21-18-15-12-9-6-3)76-70(73)64-61-58-55-52-49-46-23-20-17-14-11-8-5-2/h7,10-12,14-16,19-20,23-25,27-28,67H,4-6,8-9,13,17-18,21-22,26,29-66H2,1-3H3/b10-7-,14-11-,15-12-,19-16-,23-20-,25-24-,28-27-. The Morgan fingerprint density at radius 1 is 0.276 bits per heavy atom. The van der Waals surface area contributed by atoms with Crippen molar-refractivity contribution in [3.05, 3.63) is 85.1 Å². The van der Waals surface area contributed by atoms with Gasteiger partial charge in [-0.25, -0.2) is 0 Å². The van der Waals surface area contributed by atoms with Crippen LogP contribution < -0.4 is 0 Å². The maximum Gasteiger partial charge on any atom is 0.306 e. The fourth-order valence-electron chi connectivity index (χ4n) is 9.24. The van der Waals surface area contributed by atoms with E-state index in [1.165, 1.54) is 154 Å². The molecule has 0 saturated carbocycles. The van der Waals surface area contributed by atoms with Crippen molar-refractivity contribution in [2.45, 2.75) is 329 Å². The van der Waals surface area contributed by atoms with Crippen molar-refractivity contribution in [3.8, 4) is 0 Å². The van der Waals surface area contributed by atoms with Crippen molar-refractivity contribution in [2.75, 3.05) is 13.2 Å². The van der Waals surface area contributed by atoms with Gasteiger partial charge < -0.3 is 14.2 Å². The highest BCUT2D eigenvalue weighted by atomic mass is 16.6. The first-order chi connectivity index (χ1) is 37.5. The molecule has 6 heteroatoms. The summed E-state index contributed by atoms with van der Waals surface area (Å²) in [5.74, 6) is -0.896. The monoisotopic (exact) mass is 1060 g/mol. The number of rotatable bonds is 59. The molecular weight excluding hydrogens is 937 g/mol. The largest absolute Gasteiger partial charge is 0.462 e. The molecule has 0 amide bonds. The van der Waals surface area contributed by atoms with Gasteiger partial charge in [0, 0.05) is 19.3 Å². The van der Waals surface area contributed by atoms with Crippen LogP contribution in [0.15, 0.2) is 85.1 Å². The van der Waals surface area contributed by atoms with Crippen molar-refractivity contribution >= 4 is 17.9 Å². The second-order valence-electron chi connectivity index (χ2n) is 21.6. The molecule has 0 fully saturated rings. The van der Waals surface area contributed by atoms with Crippen LogP contribution in [0.5, 0.6) is 0 Å². The number of esters is 3. The third-order valence-electron chi connectivity index (χ3n) is 14.1. The maximum atomic E-state index is 12.8. The fourth-order valence-corrected chi connectivity index (χ4v) is 9.24. The van der Waals surface area contributed by atoms with Gasteiger partial charge in [-0.15, -0.1) is 0 Å². The van der Waals surface area contributed by atoms with Gasteiger partial charge in [0.25, 0.3) is 0 Å². The molecule has 1 atom stereocenters. The molecule has 0 heterocycles. The molecule has 76 heavy (non-hydrogen) atoms. The van der Waals surface area contributed by atoms with E-state index in [4.69, 9.17) is 14.2 Å². The fraction of sp³-hybridized carbons (Fsp3) is 0.757. The summed E-state index contributed by atoms with van der Waals surface area (Å²) in [7, 11) is 0. The first-order valence-corrected chi connectivity index (χ1v) is 32.6. The molecular formula is C70H122O6. The van der Waals surface area contributed by atoms with E-state index in [-0.39, 0.29) is 31.1 Å². The Hall–Kier alpha value is -3.41. The number of unbranched alkanes of at least 4 members (excludes halogenated alkanes) is 34. The lowest BCUT2D eigenvalue weighted by Gasteiger charge is -2.18. The summed E-state index contributed by atoms with van der Waals surface area (Å²) in [6.45, 7) is 6.41. The highest BCUT2D eigenvalue weighted by Gasteiger charge is 2.19. The Morgan fingerprint density at radius 2 is 0.513 bits per heavy atom. The maximum absolute atomic E-state index is 12.8. The average Bonchev–Trinajstić information content (AvgIpc) is 3.42. The lowest BCUT2D eigenvalue weighted by molar-refractivity contribution is -0.167. The van der Waals surface area contributed by atoms with Crippen LogP contribution in [0.1, 0.15) is 323 Å². The second kappa shape index (κ2) is 64.1. The van der Waals surface area contributed by atoms with Crippen LogP contribution in [0.2, 0.25) is 0 Å². The topological polar surface area (TPSA) is 78.9 Å². The van der Waals surface area contributed by atoms with Gasteiger partial charge in [-0.3, -0.25) is 14.4 Å². The summed E-state index contributed by atoms with van der Waals surface area (Å²) in [5.41, 5.74) is 0. The van der Waals surface area contributed by atoms with Crippen molar-refractivity contribution in [1.29, 1.82) is 0 Å². The van der Waals surface area contributed by atoms with Crippen LogP contribution in [0.4, 0.5) is 0 Å². The molecule has 0 spiro atoms. The summed E-state index contributed by atoms with van der Waals surface area (Å²) in [6.07, 6.45) is 84.9. The van der Waals surface area contributed by atoms with Crippen LogP contribution in [-0.2, 0) is 28.6 Å². The van der Waals surface area contributed by atoms with E-state index in [9.17, 15) is 14.4 Å². The summed E-state index contributed by atoms with van der Waals surface area (Å²) >= 11 is 0. The molecule has 6 nitrogen and oxygen atoms in total. The van der Waals surface area contributed by atoms with E-state index in [0.717, 1.165) is 128 Å². The van der Waals surface area contributed by atoms with E-state index in [1.54, 1.807) is 0 Å². The molecule has 0 aliphatic carbocycles. The molecule has 0 aliphatic heterocycles. The highest BCUT2D eigenvalue weighted by Crippen LogP contribution is 2.17. The van der Waals surface area contributed by atoms with Crippen LogP contribution in [0, 0.1) is 0 Å². The molecule has 1 unspecified atom stereocenters. The SMILES string of the molecule is CC/C=C\C/C=C\C/C=C\C/C=C\CCCCCCCCCCCCCCCCCCCCCCCCC(=O)OCC(COC(=O)CCCCCCC/C=C\CCC)OC(=O)CCCCCCC/C=C\C/C=C\CCC. The third-order valence-corrected chi connectivity index (χ3v) is 14.1. The van der Waals surface area contributed by atoms with Crippen molar-refractivity contribution in [3.63, 3.8) is 0 Å². The number of ether oxygens (including phenoxy) is 3. The number of hydrogen-bond acceptors (Lipinski definition) is 6. The number of carbonyl (C=O) groups is 3. The molecule has 0 bridgehead atoms. The normalized spacial score (nSPS) is 12.6. The van der Waals surface area contributed by atoms with Crippen molar-refractivity contribution in [1.82, 2.24) is 0 Å². The predicted octanol–water partition coefficient (Wildman–Crippen LogP) is 22.3. The summed E-state index contributed by atoms with van der Waals surface area (Å²) in [5, 5.41) is 0. The van der Waals surface area contributed by atoms with E-state index in [2.05, 4.69) is 106 Å². The Kier molecular flexibility index (Phi) is 61.2. The van der Waals surface area contributed by atoms with Gasteiger partial charge in [0.15, 0.2) is 6.10 Å². The minimum absolute atomic E-state index is 0.0810. The van der Waals surface area contributed by atoms with Gasteiger partial charge in [-0.1, -0.05) is 286 Å². The molecule has 0 radical (unpaired) electrons. The van der Waals surface area contributed by atoms with Crippen LogP contribution >= 0.6 is 0 Å². The van der Waals surface area contributed by atoms with Crippen molar-refractivity contribution < 1.29 is 28.6 Å². The lowest BCUT2D eigenvalue weighted by Crippen LogP contribution is -2.30. The van der Waals surface area contributed by atoms with Gasteiger partial charge in [-0.2, -0.15) is 0 Å². The van der Waals surface area contributed by atoms with E-state index >= 15 is 0 Å². The predicted molar refractivity (Wildman–Crippen MR) is 330 cm³/mol. The molecule has 0 rings (SSSR count). The molecule has 0 aromatic carbocycles. The first-order valence-electron chi connectivity index (χ1n) is 32.6. The zero-order valence-corrected chi connectivity index (χ0v) is 50.3. The summed E-state index contributed by atoms with van der Waals surface area (Å²) < 4.78 is 16.8. The van der Waals surface area contributed by atoms with E-state index in [0.29, 0.717) is 19.3 Å². The van der Waals surface area contributed by atoms with Crippen LogP contribution in [0.3, 0.4) is 0 Å². The first kappa shape index (κ1) is 72.6. The summed E-state index contributed by atoms with van der Waals surface area (Å²) in [6, 6.07) is 0. The quantitative estimate of drug-likeness (QED) is 0.0261. The Balaban J connectivity index is 4.00. The minimum Gasteiger partial charge on any atom is -0.462 e. The second-order valence-corrected chi connectivity index (χ2v) is 21.6. The number of allylic oxidation sites excluding steroid dienone is 14. The Morgan fingerprint density at radius 3 is 0.829 bits per heavy atom. The average molecular weight is 1060 g/mol. The smallest absolute Gasteiger partial charge is 0.306 e. The van der Waals surface area contributed by atoms with Gasteiger partial charge in [-0.05, 0) is 103 Å². The van der Waals surface area contributed by atoms with Crippen LogP contribution in [-0.4, -0.2) is 37.2 Å². The molecule has 0 N–H and O–H groups in total. The van der Waals surface area contributed by atoms with E-state index in [1.807, 2.05) is 0 Å². The molecule has 0 aromatic rings. The van der Waals surface area contributed by atoms with Gasteiger partial charge >= 0.3 is 17.9 Å². The van der Waals surface area contributed by atoms with Gasteiger partial charge in [0.05, 0.1) is 0 Å². The van der Waals surface area contributed by atoms with Crippen molar-refractivity contribution in [2.24, 2.45) is 0 Å². The molecule has 0 saturated heterocycles. The molecule has 438 valence electrons. The number of carbonyl (C=O) groups excluding carboxylic acids is 3. The molecule has 0 aromatic heterocycles. The van der Waals surface area contributed by atoms with E-state index < -0.39 is 6.10 Å². The van der Waals surface area contributed by atoms with Gasteiger partial charge in [0.2, 0.25) is 0 Å². The zero-order valence-electron chi connectivity index (χ0n) is 50.3. The van der Waals surface area contributed by atoms with Crippen LogP contribution in [0.25, 0.3) is 0 Å². The lowest BCUT2D eigenvalue weighted by atomic mass is 10.0. The Labute approximate surface area is 471 Å². The zero-order chi connectivity index (χ0) is 55.0.